The first-order chi connectivity index (χ1) is 18.1. The van der Waals surface area contributed by atoms with Gasteiger partial charge < -0.3 is 9.84 Å². The van der Waals surface area contributed by atoms with Crippen LogP contribution in [0.25, 0.3) is 10.9 Å². The van der Waals surface area contributed by atoms with E-state index in [0.29, 0.717) is 31.4 Å². The topological polar surface area (TPSA) is 67.6 Å². The molecular weight excluding hydrogens is 488 g/mol. The number of ether oxygens (including phenoxy) is 1. The summed E-state index contributed by atoms with van der Waals surface area (Å²) in [5.41, 5.74) is 4.77. The zero-order valence-electron chi connectivity index (χ0n) is 22.4. The van der Waals surface area contributed by atoms with E-state index in [4.69, 9.17) is 14.9 Å². The Morgan fingerprint density at radius 1 is 1.21 bits per heavy atom. The third kappa shape index (κ3) is 6.51. The van der Waals surface area contributed by atoms with Crippen molar-refractivity contribution >= 4 is 16.9 Å². The van der Waals surface area contributed by atoms with E-state index in [0.717, 1.165) is 39.8 Å². The van der Waals surface area contributed by atoms with Crippen LogP contribution in [-0.4, -0.2) is 44.8 Å². The first-order valence-electron chi connectivity index (χ1n) is 13.0. The summed E-state index contributed by atoms with van der Waals surface area (Å²) in [6, 6.07) is 11.4. The van der Waals surface area contributed by atoms with Crippen LogP contribution in [0.1, 0.15) is 61.9 Å². The van der Waals surface area contributed by atoms with Crippen molar-refractivity contribution in [3.8, 4) is 17.6 Å². The maximum Gasteiger partial charge on any atom is 0.304 e. The van der Waals surface area contributed by atoms with Gasteiger partial charge >= 0.3 is 5.97 Å². The molecule has 4 rings (SSSR count). The summed E-state index contributed by atoms with van der Waals surface area (Å²) in [5.74, 6) is 2.94. The van der Waals surface area contributed by atoms with E-state index in [1.54, 1.807) is 11.8 Å². The number of aliphatic carboxylic acids is 1. The fourth-order valence-corrected chi connectivity index (χ4v) is 5.02. The number of rotatable bonds is 10. The Balaban J connectivity index is 1.54. The summed E-state index contributed by atoms with van der Waals surface area (Å²) >= 11 is 0. The third-order valence-corrected chi connectivity index (χ3v) is 6.89. The molecule has 0 spiro atoms. The van der Waals surface area contributed by atoms with E-state index < -0.39 is 11.9 Å². The lowest BCUT2D eigenvalue weighted by Gasteiger charge is -2.14. The number of likely N-dealkylation sites (tertiary alicyclic amines) is 1. The van der Waals surface area contributed by atoms with Crippen molar-refractivity contribution in [3.05, 3.63) is 58.8 Å². The Bertz CT molecular complexity index is 1350. The van der Waals surface area contributed by atoms with E-state index in [1.165, 1.54) is 0 Å². The van der Waals surface area contributed by atoms with Crippen LogP contribution in [0.5, 0.6) is 5.75 Å². The Labute approximate surface area is 222 Å². The molecule has 1 aromatic heterocycles. The van der Waals surface area contributed by atoms with Gasteiger partial charge in [0.15, 0.2) is 0 Å². The number of carboxylic acid groups (broad SMARTS) is 1. The largest absolute Gasteiger partial charge is 0.489 e. The van der Waals surface area contributed by atoms with Crippen LogP contribution in [0.15, 0.2) is 36.4 Å². The van der Waals surface area contributed by atoms with Gasteiger partial charge in [-0.1, -0.05) is 44.0 Å². The molecule has 1 aliphatic rings. The Kier molecular flexibility index (Phi) is 8.37. The van der Waals surface area contributed by atoms with Crippen molar-refractivity contribution in [1.29, 1.82) is 0 Å². The second-order valence-electron chi connectivity index (χ2n) is 10.5. The molecule has 0 aliphatic carbocycles. The van der Waals surface area contributed by atoms with Gasteiger partial charge in [0, 0.05) is 31.4 Å². The van der Waals surface area contributed by atoms with Crippen molar-refractivity contribution in [2.45, 2.75) is 72.1 Å². The van der Waals surface area contributed by atoms with Crippen molar-refractivity contribution in [3.63, 3.8) is 0 Å². The Hall–Kier alpha value is -3.44. The second-order valence-corrected chi connectivity index (χ2v) is 10.5. The minimum Gasteiger partial charge on any atom is -0.489 e. The Morgan fingerprint density at radius 2 is 1.95 bits per heavy atom. The molecule has 1 N–H and O–H groups in total. The quantitative estimate of drug-likeness (QED) is 0.330. The number of aromatic nitrogens is 2. The van der Waals surface area contributed by atoms with E-state index in [1.807, 2.05) is 41.1 Å². The molecule has 2 heterocycles. The van der Waals surface area contributed by atoms with Gasteiger partial charge in [-0.05, 0) is 48.6 Å². The van der Waals surface area contributed by atoms with Gasteiger partial charge in [0.2, 0.25) is 0 Å². The maximum absolute atomic E-state index is 13.8. The average molecular weight is 524 g/mol. The minimum atomic E-state index is -2.63. The predicted octanol–water partition coefficient (Wildman–Crippen LogP) is 6.00. The van der Waals surface area contributed by atoms with Crippen LogP contribution in [0.3, 0.4) is 0 Å². The van der Waals surface area contributed by atoms with Gasteiger partial charge in [0.05, 0.1) is 30.1 Å². The van der Waals surface area contributed by atoms with Crippen molar-refractivity contribution in [1.82, 2.24) is 14.7 Å². The lowest BCUT2D eigenvalue weighted by atomic mass is 9.96. The first kappa shape index (κ1) is 27.6. The summed E-state index contributed by atoms with van der Waals surface area (Å²) in [6.45, 7) is 9.66. The van der Waals surface area contributed by atoms with Crippen LogP contribution in [0.2, 0.25) is 0 Å². The number of fused-ring (bicyclic) bond motifs is 1. The zero-order valence-corrected chi connectivity index (χ0v) is 22.4. The number of carbonyl (C=O) groups is 1. The number of benzene rings is 2. The number of aryl methyl sites for hydroxylation is 1. The number of alkyl halides is 2. The van der Waals surface area contributed by atoms with Crippen LogP contribution in [0, 0.1) is 24.7 Å². The molecule has 0 amide bonds. The summed E-state index contributed by atoms with van der Waals surface area (Å²) < 4.78 is 35.6. The van der Waals surface area contributed by atoms with Gasteiger partial charge in [-0.25, -0.2) is 8.78 Å². The average Bonchev–Trinajstić information content (AvgIpc) is 3.37. The maximum atomic E-state index is 13.8. The molecular formula is C30H35F2N3O3. The van der Waals surface area contributed by atoms with Gasteiger partial charge in [-0.2, -0.15) is 5.10 Å². The van der Waals surface area contributed by atoms with Crippen LogP contribution in [0.4, 0.5) is 8.78 Å². The zero-order chi connectivity index (χ0) is 27.4. The Morgan fingerprint density at radius 3 is 2.55 bits per heavy atom. The molecule has 6 nitrogen and oxygen atoms in total. The van der Waals surface area contributed by atoms with Gasteiger partial charge in [0.1, 0.15) is 12.4 Å². The number of halogens is 2. The van der Waals surface area contributed by atoms with Crippen LogP contribution in [-0.2, 0) is 24.5 Å². The highest BCUT2D eigenvalue weighted by atomic mass is 19.3. The van der Waals surface area contributed by atoms with Gasteiger partial charge in [-0.15, -0.1) is 5.92 Å². The second kappa shape index (κ2) is 11.5. The molecule has 2 aromatic carbocycles. The summed E-state index contributed by atoms with van der Waals surface area (Å²) in [7, 11) is 0. The lowest BCUT2D eigenvalue weighted by molar-refractivity contribution is -0.137. The SMILES string of the molecule is CC#CC(CC(=O)O)c1ccc(OCc2ccc3c(CN4CCC(F)(F)C4)nn(CC(C)C)c3c2C)cc1. The predicted molar refractivity (Wildman–Crippen MR) is 143 cm³/mol. The highest BCUT2D eigenvalue weighted by molar-refractivity contribution is 5.86. The summed E-state index contributed by atoms with van der Waals surface area (Å²) in [5, 5.41) is 15.0. The molecule has 1 atom stereocenters. The van der Waals surface area contributed by atoms with Crippen LogP contribution >= 0.6 is 0 Å². The summed E-state index contributed by atoms with van der Waals surface area (Å²) in [4.78, 5) is 13.0. The normalized spacial score (nSPS) is 16.0. The van der Waals surface area contributed by atoms with Gasteiger partial charge in [-0.3, -0.25) is 14.4 Å². The number of hydrogen-bond donors (Lipinski definition) is 1. The molecule has 3 aromatic rings. The number of carboxylic acids is 1. The summed E-state index contributed by atoms with van der Waals surface area (Å²) in [6.07, 6.45) is -0.155. The molecule has 0 bridgehead atoms. The van der Waals surface area contributed by atoms with E-state index in [9.17, 15) is 13.6 Å². The standard InChI is InChI=1S/C30H35F2N3O3/c1-5-6-23(15-28(36)37)22-7-10-25(11-8-22)38-18-24-9-12-26-27(17-34-14-13-30(31,32)19-34)33-35(16-20(2)3)29(26)21(24)4/h7-12,20,23H,13-19H2,1-4H3,(H,36,37). The van der Waals surface area contributed by atoms with Crippen molar-refractivity contribution in [2.24, 2.45) is 5.92 Å². The molecule has 0 radical (unpaired) electrons. The number of nitrogens with zero attached hydrogens (tertiary/aromatic N) is 3. The first-order valence-corrected chi connectivity index (χ1v) is 13.0. The molecule has 0 saturated carbocycles. The molecule has 1 aliphatic heterocycles. The molecule has 8 heteroatoms. The van der Waals surface area contributed by atoms with Crippen molar-refractivity contribution in [2.75, 3.05) is 13.1 Å². The number of hydrogen-bond acceptors (Lipinski definition) is 4. The molecule has 1 saturated heterocycles. The molecule has 1 unspecified atom stereocenters. The van der Waals surface area contributed by atoms with E-state index in [-0.39, 0.29) is 25.3 Å². The lowest BCUT2D eigenvalue weighted by Crippen LogP contribution is -2.25. The van der Waals surface area contributed by atoms with Gasteiger partial charge in [0.25, 0.3) is 5.92 Å². The molecule has 1 fully saturated rings. The monoisotopic (exact) mass is 523 g/mol. The highest BCUT2D eigenvalue weighted by Crippen LogP contribution is 2.31. The van der Waals surface area contributed by atoms with E-state index in [2.05, 4.69) is 32.6 Å². The van der Waals surface area contributed by atoms with Crippen molar-refractivity contribution < 1.29 is 23.4 Å². The van der Waals surface area contributed by atoms with Crippen LogP contribution < -0.4 is 4.74 Å². The smallest absolute Gasteiger partial charge is 0.304 e. The molecule has 202 valence electrons. The molecule has 38 heavy (non-hydrogen) atoms. The fraction of sp³-hybridized carbons (Fsp3) is 0.467. The third-order valence-electron chi connectivity index (χ3n) is 6.89. The highest BCUT2D eigenvalue weighted by Gasteiger charge is 2.38. The fourth-order valence-electron chi connectivity index (χ4n) is 5.02. The van der Waals surface area contributed by atoms with E-state index >= 15 is 0 Å². The minimum absolute atomic E-state index is 0.0491.